The first kappa shape index (κ1) is 20.9. The van der Waals surface area contributed by atoms with Crippen molar-refractivity contribution in [2.24, 2.45) is 0 Å². The number of rotatable bonds is 6. The largest absolute Gasteiger partial charge is 0.573 e. The smallest absolute Gasteiger partial charge is 0.405 e. The molecule has 2 heterocycles. The molecular formula is C20H16F3N5O2S. The Kier molecular flexibility index (Phi) is 5.68. The molecule has 0 radical (unpaired) electrons. The number of thioether (sulfide) groups is 1. The van der Waals surface area contributed by atoms with Crippen LogP contribution in [0.1, 0.15) is 11.4 Å². The molecule has 0 aliphatic rings. The number of amides is 1. The third-order valence-electron chi connectivity index (χ3n) is 4.26. The summed E-state index contributed by atoms with van der Waals surface area (Å²) in [7, 11) is 0. The number of ether oxygens (including phenoxy) is 1. The summed E-state index contributed by atoms with van der Waals surface area (Å²) in [6.45, 7) is 1.66. The van der Waals surface area contributed by atoms with Gasteiger partial charge < -0.3 is 10.1 Å². The van der Waals surface area contributed by atoms with E-state index >= 15 is 0 Å². The van der Waals surface area contributed by atoms with Crippen molar-refractivity contribution in [3.05, 3.63) is 59.9 Å². The number of aryl methyl sites for hydroxylation is 1. The van der Waals surface area contributed by atoms with E-state index in [1.807, 2.05) is 24.3 Å². The average Bonchev–Trinajstić information content (AvgIpc) is 3.12. The normalized spacial score (nSPS) is 11.7. The number of halogens is 3. The maximum absolute atomic E-state index is 12.5. The summed E-state index contributed by atoms with van der Waals surface area (Å²) in [6, 6.07) is 13.1. The first-order valence-corrected chi connectivity index (χ1v) is 10.1. The van der Waals surface area contributed by atoms with Crippen LogP contribution in [0, 0.1) is 6.92 Å². The zero-order chi connectivity index (χ0) is 22.0. The molecule has 0 saturated carbocycles. The molecule has 31 heavy (non-hydrogen) atoms. The van der Waals surface area contributed by atoms with Crippen LogP contribution in [0.5, 0.6) is 5.75 Å². The predicted molar refractivity (Wildman–Crippen MR) is 109 cm³/mol. The predicted octanol–water partition coefficient (Wildman–Crippen LogP) is 3.89. The van der Waals surface area contributed by atoms with Gasteiger partial charge in [0.25, 0.3) is 0 Å². The van der Waals surface area contributed by atoms with Crippen molar-refractivity contribution in [3.8, 4) is 5.75 Å². The summed E-state index contributed by atoms with van der Waals surface area (Å²) >= 11 is 1.16. The van der Waals surface area contributed by atoms with Gasteiger partial charge >= 0.3 is 6.36 Å². The van der Waals surface area contributed by atoms with Crippen molar-refractivity contribution >= 4 is 34.2 Å². The Bertz CT molecular complexity index is 1260. The number of para-hydroxylation sites is 2. The quantitative estimate of drug-likeness (QED) is 0.357. The van der Waals surface area contributed by atoms with Crippen LogP contribution >= 0.6 is 11.8 Å². The Morgan fingerprint density at radius 1 is 1.13 bits per heavy atom. The van der Waals surface area contributed by atoms with Crippen molar-refractivity contribution in [2.45, 2.75) is 25.0 Å². The van der Waals surface area contributed by atoms with E-state index in [0.29, 0.717) is 16.6 Å². The fraction of sp³-hybridized carbons (Fsp3) is 0.200. The molecule has 0 saturated heterocycles. The highest BCUT2D eigenvalue weighted by molar-refractivity contribution is 7.99. The topological polar surface area (TPSA) is 81.4 Å². The van der Waals surface area contributed by atoms with Crippen LogP contribution in [0.25, 0.3) is 16.6 Å². The van der Waals surface area contributed by atoms with Gasteiger partial charge in [0.15, 0.2) is 10.8 Å². The molecule has 0 aliphatic carbocycles. The maximum atomic E-state index is 12.5. The zero-order valence-electron chi connectivity index (χ0n) is 16.2. The van der Waals surface area contributed by atoms with Gasteiger partial charge in [-0.3, -0.25) is 4.79 Å². The lowest BCUT2D eigenvalue weighted by Crippen LogP contribution is -2.26. The number of nitrogens with one attached hydrogen (secondary N) is 1. The monoisotopic (exact) mass is 447 g/mol. The molecule has 2 aromatic heterocycles. The van der Waals surface area contributed by atoms with Crippen LogP contribution in [-0.2, 0) is 11.3 Å². The average molecular weight is 447 g/mol. The molecule has 11 heteroatoms. The molecule has 0 unspecified atom stereocenters. The third-order valence-corrected chi connectivity index (χ3v) is 5.19. The summed E-state index contributed by atoms with van der Waals surface area (Å²) < 4.78 is 43.2. The highest BCUT2D eigenvalue weighted by Crippen LogP contribution is 2.26. The summed E-state index contributed by atoms with van der Waals surface area (Å²) in [6.07, 6.45) is -4.81. The van der Waals surface area contributed by atoms with Gasteiger partial charge in [-0.15, -0.1) is 18.3 Å². The van der Waals surface area contributed by atoms with E-state index in [-0.39, 0.29) is 29.5 Å². The Balaban J connectivity index is 1.46. The second-order valence-corrected chi connectivity index (χ2v) is 7.47. The summed E-state index contributed by atoms with van der Waals surface area (Å²) in [5.74, 6) is -0.141. The van der Waals surface area contributed by atoms with Crippen LogP contribution < -0.4 is 10.1 Å². The first-order valence-electron chi connectivity index (χ1n) is 9.15. The molecule has 0 bridgehead atoms. The van der Waals surface area contributed by atoms with E-state index in [2.05, 4.69) is 25.1 Å². The minimum atomic E-state index is -4.81. The van der Waals surface area contributed by atoms with Gasteiger partial charge in [-0.1, -0.05) is 42.1 Å². The number of aromatic nitrogens is 4. The maximum Gasteiger partial charge on any atom is 0.573 e. The second-order valence-electron chi connectivity index (χ2n) is 6.53. The van der Waals surface area contributed by atoms with Crippen LogP contribution in [0.3, 0.4) is 0 Å². The number of fused-ring (bicyclic) bond motifs is 3. The van der Waals surface area contributed by atoms with Crippen molar-refractivity contribution in [1.82, 2.24) is 24.9 Å². The number of hydrogen-bond donors (Lipinski definition) is 1. The van der Waals surface area contributed by atoms with Crippen molar-refractivity contribution in [2.75, 3.05) is 5.75 Å². The van der Waals surface area contributed by atoms with Crippen LogP contribution in [0.2, 0.25) is 0 Å². The summed E-state index contributed by atoms with van der Waals surface area (Å²) in [5, 5.41) is 8.29. The van der Waals surface area contributed by atoms with E-state index in [1.54, 1.807) is 17.5 Å². The molecule has 4 aromatic rings. The summed E-state index contributed by atoms with van der Waals surface area (Å²) in [4.78, 5) is 21.3. The number of alkyl halides is 3. The molecular weight excluding hydrogens is 431 g/mol. The molecule has 4 rings (SSSR count). The minimum absolute atomic E-state index is 0.00163. The van der Waals surface area contributed by atoms with Gasteiger partial charge in [-0.25, -0.2) is 9.97 Å². The summed E-state index contributed by atoms with van der Waals surface area (Å²) in [5.41, 5.74) is 1.59. The molecule has 0 atom stereocenters. The second kappa shape index (κ2) is 8.42. The van der Waals surface area contributed by atoms with Crippen LogP contribution in [0.15, 0.2) is 53.7 Å². The number of nitrogens with zero attached hydrogens (tertiary/aromatic N) is 4. The van der Waals surface area contributed by atoms with Gasteiger partial charge in [0.1, 0.15) is 11.6 Å². The van der Waals surface area contributed by atoms with E-state index < -0.39 is 6.36 Å². The highest BCUT2D eigenvalue weighted by atomic mass is 32.2. The number of carbonyl (C=O) groups is 1. The molecule has 2 aromatic carbocycles. The van der Waals surface area contributed by atoms with Crippen molar-refractivity contribution < 1.29 is 22.7 Å². The minimum Gasteiger partial charge on any atom is -0.405 e. The van der Waals surface area contributed by atoms with Gasteiger partial charge in [-0.05, 0) is 25.1 Å². The van der Waals surface area contributed by atoms with Gasteiger partial charge in [-0.2, -0.15) is 4.52 Å². The van der Waals surface area contributed by atoms with Gasteiger partial charge in [0.05, 0.1) is 11.3 Å². The van der Waals surface area contributed by atoms with E-state index in [0.717, 1.165) is 22.7 Å². The van der Waals surface area contributed by atoms with Crippen molar-refractivity contribution in [1.29, 1.82) is 0 Å². The third kappa shape index (κ3) is 4.88. The standard InChI is InChI=1S/C20H16F3N5O2S/c1-12-25-18-14-7-3-4-8-15(14)26-19(28(18)27-12)31-11-17(29)24-10-13-6-2-5-9-16(13)30-20(21,22)23/h2-9H,10-11H2,1H3,(H,24,29). The van der Waals surface area contributed by atoms with Crippen LogP contribution in [0.4, 0.5) is 13.2 Å². The Morgan fingerprint density at radius 3 is 2.68 bits per heavy atom. The Morgan fingerprint density at radius 2 is 1.87 bits per heavy atom. The molecule has 1 amide bonds. The number of benzene rings is 2. The molecule has 0 aliphatic heterocycles. The van der Waals surface area contributed by atoms with E-state index in [9.17, 15) is 18.0 Å². The van der Waals surface area contributed by atoms with E-state index in [1.165, 1.54) is 18.2 Å². The van der Waals surface area contributed by atoms with E-state index in [4.69, 9.17) is 0 Å². The molecule has 160 valence electrons. The highest BCUT2D eigenvalue weighted by Gasteiger charge is 2.32. The molecule has 1 N–H and O–H groups in total. The van der Waals surface area contributed by atoms with Gasteiger partial charge in [0.2, 0.25) is 5.91 Å². The SMILES string of the molecule is Cc1nc2c3ccccc3nc(SCC(=O)NCc3ccccc3OC(F)(F)F)n2n1. The fourth-order valence-electron chi connectivity index (χ4n) is 2.98. The lowest BCUT2D eigenvalue weighted by atomic mass is 10.2. The number of hydrogen-bond acceptors (Lipinski definition) is 6. The number of carbonyl (C=O) groups excluding carboxylic acids is 1. The molecule has 0 spiro atoms. The van der Waals surface area contributed by atoms with Crippen molar-refractivity contribution in [3.63, 3.8) is 0 Å². The lowest BCUT2D eigenvalue weighted by molar-refractivity contribution is -0.274. The first-order chi connectivity index (χ1) is 14.8. The Labute approximate surface area is 178 Å². The van der Waals surface area contributed by atoms with Gasteiger partial charge in [0, 0.05) is 17.5 Å². The molecule has 7 nitrogen and oxygen atoms in total. The Hall–Kier alpha value is -3.34. The fourth-order valence-corrected chi connectivity index (χ4v) is 3.75. The zero-order valence-corrected chi connectivity index (χ0v) is 17.0. The van der Waals surface area contributed by atoms with Crippen LogP contribution in [-0.4, -0.2) is 37.6 Å². The lowest BCUT2D eigenvalue weighted by Gasteiger charge is -2.13. The molecule has 0 fully saturated rings.